The van der Waals surface area contributed by atoms with E-state index in [1.165, 1.54) is 22.9 Å². The van der Waals surface area contributed by atoms with Gasteiger partial charge < -0.3 is 5.11 Å². The first-order valence-corrected chi connectivity index (χ1v) is 21.1. The summed E-state index contributed by atoms with van der Waals surface area (Å²) in [6.45, 7) is -27.4. The molecule has 0 aliphatic carbocycles. The number of benzene rings is 6. The summed E-state index contributed by atoms with van der Waals surface area (Å²) in [7, 11) is 0. The van der Waals surface area contributed by atoms with Gasteiger partial charge in [-0.1, -0.05) is 192 Å². The van der Waals surface area contributed by atoms with Crippen LogP contribution in [0.4, 0.5) is 0 Å². The van der Waals surface area contributed by atoms with Gasteiger partial charge in [0.2, 0.25) is 0 Å². The molecule has 0 aliphatic heterocycles. The molecule has 2 heterocycles. The molecule has 8 rings (SSSR count). The van der Waals surface area contributed by atoms with Crippen molar-refractivity contribution in [2.24, 2.45) is 5.92 Å². The van der Waals surface area contributed by atoms with E-state index >= 15 is 0 Å². The number of para-hydroxylation sites is 1. The summed E-state index contributed by atoms with van der Waals surface area (Å²) >= 11 is 0. The van der Waals surface area contributed by atoms with Gasteiger partial charge in [-0.05, 0) is 97.7 Å². The molecule has 0 unspecified atom stereocenters. The molecule has 0 amide bonds. The number of aromatic nitrogens is 3. The Kier molecular flexibility index (Phi) is 6.39. The molecule has 0 fully saturated rings. The van der Waals surface area contributed by atoms with Gasteiger partial charge >= 0.3 is 0 Å². The van der Waals surface area contributed by atoms with Gasteiger partial charge in [-0.3, -0.25) is 9.55 Å². The molecule has 6 aromatic carbocycles. The van der Waals surface area contributed by atoms with E-state index < -0.39 is 147 Å². The van der Waals surface area contributed by atoms with Crippen LogP contribution < -0.4 is 0 Å². The van der Waals surface area contributed by atoms with E-state index in [0.717, 1.165) is 5.56 Å². The summed E-state index contributed by atoms with van der Waals surface area (Å²) in [6.07, 6.45) is 1.76. The third kappa shape index (κ3) is 10.3. The minimum Gasteiger partial charge on any atom is -0.507 e. The molecule has 8 aromatic rings. The predicted molar refractivity (Wildman–Crippen MR) is 280 cm³/mol. The van der Waals surface area contributed by atoms with E-state index in [1.54, 1.807) is 72.8 Å². The van der Waals surface area contributed by atoms with Crippen molar-refractivity contribution in [3.8, 4) is 67.5 Å². The van der Waals surface area contributed by atoms with Gasteiger partial charge in [-0.25, -0.2) is 4.98 Å². The summed E-state index contributed by atoms with van der Waals surface area (Å²) in [5.41, 5.74) is -15.6. The third-order valence-corrected chi connectivity index (χ3v) is 11.3. The molecule has 2 aromatic heterocycles. The number of aromatic hydroxyl groups is 1. The molecule has 0 aliphatic rings. The number of phenolic OH excluding ortho intramolecular Hbond substituents is 1. The smallest absolute Gasteiger partial charge is 0.148 e. The molecule has 0 atom stereocenters. The zero-order chi connectivity index (χ0) is 73.5. The molecule has 0 bridgehead atoms. The molecule has 4 nitrogen and oxygen atoms in total. The molecule has 5 heteroatoms. The Morgan fingerprint density at radius 2 is 1.30 bits per heavy atom. The molecule has 348 valence electrons. The topological polar surface area (TPSA) is 50.9 Å². The van der Waals surface area contributed by atoms with Crippen molar-refractivity contribution in [1.82, 2.24) is 14.5 Å². The van der Waals surface area contributed by atoms with Crippen LogP contribution in [-0.2, 0) is 49.1 Å². The molecular weight excluding hydrogens is 998 g/mol. The van der Waals surface area contributed by atoms with Gasteiger partial charge in [0.05, 0.1) is 27.8 Å². The molecule has 0 radical (unpaired) electrons. The number of hydrogen-bond acceptors (Lipinski definition) is 3. The first-order chi connectivity index (χ1) is 43.9. The molecule has 0 spiro atoms. The Morgan fingerprint density at radius 3 is 1.97 bits per heavy atom. The van der Waals surface area contributed by atoms with E-state index in [9.17, 15) is 7.85 Å². The van der Waals surface area contributed by atoms with Gasteiger partial charge in [-0.15, -0.1) is 29.3 Å². The van der Waals surface area contributed by atoms with Crippen LogP contribution in [0.5, 0.6) is 5.75 Å². The maximum Gasteiger partial charge on any atom is 0.148 e. The van der Waals surface area contributed by atoms with Crippen LogP contribution >= 0.6 is 0 Å². The number of imidazole rings is 1. The van der Waals surface area contributed by atoms with Crippen molar-refractivity contribution < 1.29 is 68.7 Å². The summed E-state index contributed by atoms with van der Waals surface area (Å²) < 4.78 is 271. The van der Waals surface area contributed by atoms with Gasteiger partial charge in [0.15, 0.2) is 0 Å². The normalized spacial score (nSPS) is 21.0. The van der Waals surface area contributed by atoms with Crippen molar-refractivity contribution in [1.29, 1.82) is 0 Å². The minimum absolute atomic E-state index is 0. The summed E-state index contributed by atoms with van der Waals surface area (Å²) in [4.78, 5) is 9.70. The number of fused-ring (bicyclic) bond motifs is 1. The van der Waals surface area contributed by atoms with Crippen LogP contribution in [-0.4, -0.2) is 19.6 Å². The fourth-order valence-electron chi connectivity index (χ4n) is 7.94. The van der Waals surface area contributed by atoms with Gasteiger partial charge in [-0.2, -0.15) is 0 Å². The van der Waals surface area contributed by atoms with Crippen LogP contribution in [0.2, 0.25) is 0 Å². The van der Waals surface area contributed by atoms with Crippen LogP contribution in [0, 0.1) is 12.0 Å². The first-order valence-electron chi connectivity index (χ1n) is 36.6. The van der Waals surface area contributed by atoms with Gasteiger partial charge in [0.25, 0.3) is 0 Å². The van der Waals surface area contributed by atoms with Crippen LogP contribution in [0.15, 0.2) is 133 Å². The minimum atomic E-state index is -4.25. The second-order valence-corrected chi connectivity index (χ2v) is 18.1. The Labute approximate surface area is 458 Å². The van der Waals surface area contributed by atoms with E-state index in [4.69, 9.17) is 44.7 Å². The average molecular weight is 1100 g/mol. The molecule has 0 saturated carbocycles. The second-order valence-electron chi connectivity index (χ2n) is 18.1. The fourth-order valence-corrected chi connectivity index (χ4v) is 7.94. The maximum atomic E-state index is 13.1. The number of nitrogens with zero attached hydrogens (tertiary/aromatic N) is 3. The largest absolute Gasteiger partial charge is 0.507 e. The Hall–Kier alpha value is -5.57. The van der Waals surface area contributed by atoms with Gasteiger partial charge in [0, 0.05) is 81.1 Å². The van der Waals surface area contributed by atoms with Crippen LogP contribution in [0.25, 0.3) is 72.7 Å². The Bertz CT molecular complexity index is 4190. The van der Waals surface area contributed by atoms with Crippen molar-refractivity contribution in [2.75, 3.05) is 0 Å². The van der Waals surface area contributed by atoms with E-state index in [0.29, 0.717) is 29.2 Å². The number of rotatable bonds is 8. The molecule has 1 N–H and O–H groups in total. The average Bonchev–Trinajstić information content (AvgIpc) is 0.748. The molecule has 67 heavy (non-hydrogen) atoms. The van der Waals surface area contributed by atoms with E-state index in [1.807, 2.05) is 40.7 Å². The third-order valence-electron chi connectivity index (χ3n) is 11.3. The van der Waals surface area contributed by atoms with Crippen molar-refractivity contribution in [3.63, 3.8) is 0 Å². The quantitative estimate of drug-likeness (QED) is 0.154. The number of phenols is 1. The monoisotopic (exact) mass is 1100 g/mol. The zero-order valence-corrected chi connectivity index (χ0v) is 39.6. The Balaban J connectivity index is 0.0000135. The summed E-state index contributed by atoms with van der Waals surface area (Å²) in [5, 5.41) is 13.1. The van der Waals surface area contributed by atoms with E-state index in [-0.39, 0.29) is 77.7 Å². The molecule has 0 saturated heterocycles. The zero-order valence-electron chi connectivity index (χ0n) is 68.3. The standard InChI is InChI=1S/C62H68N3O.Pt/c1-39(2)31-40-23-28-54(50(32-40)42-19-16-15-17-20-42)65-55-22-18-21-49(56(55)64-58(65)51-37-48(61(9,10)11)38-52(57(51)66)62(12,13)14)44-33-45(35-47(34-44)60(6,7)8)53-36-43(29-30-63-53)41-24-26-46(27-25-41)59(3,4)5;/h15-30,32,34-39,66H,31H2,1-14H3;/q-1;/i3D3,4D3,5D3,9D3,10D3,11D3,12D3,13D3,14D3,24D,25D,26D,27D;. The number of pyridine rings is 1. The Morgan fingerprint density at radius 1 is 0.627 bits per heavy atom. The summed E-state index contributed by atoms with van der Waals surface area (Å²) in [6, 6.07) is 24.5. The second kappa shape index (κ2) is 18.5. The molecular formula is C62H68N3OPt-. The summed E-state index contributed by atoms with van der Waals surface area (Å²) in [5.74, 6) is -1.94. The van der Waals surface area contributed by atoms with E-state index in [2.05, 4.69) is 11.1 Å². The fraction of sp³-hybridized carbons (Fsp3) is 0.323. The van der Waals surface area contributed by atoms with Crippen molar-refractivity contribution >= 4 is 11.0 Å². The SMILES string of the molecule is [2H]c1c([2H])c(C(C([2H])([2H])[2H])(C([2H])([2H])[2H])C([2H])([2H])[2H])c([2H])c([2H])c1-c1ccnc(-c2[c-]c(-c3cccc4c3nc(-c3cc(C(C([2H])([2H])[2H])(C([2H])([2H])[2H])C([2H])([2H])[2H])cc(C(C([2H])([2H])[2H])(C([2H])([2H])[2H])C([2H])([2H])[2H])c3O)n4-c3ccc(CC(C)C)cc3-c3ccccc3)cc(C(C)(C)C)c2)c1.[Pt]. The van der Waals surface area contributed by atoms with Crippen molar-refractivity contribution in [2.45, 2.75) is 124 Å². The van der Waals surface area contributed by atoms with Crippen molar-refractivity contribution in [3.05, 3.63) is 167 Å². The first kappa shape index (κ1) is 23.2. The number of hydrogen-bond donors (Lipinski definition) is 1. The van der Waals surface area contributed by atoms with Gasteiger partial charge in [0.1, 0.15) is 11.6 Å². The predicted octanol–water partition coefficient (Wildman–Crippen LogP) is 16.6. The maximum absolute atomic E-state index is 13.1. The van der Waals surface area contributed by atoms with Crippen LogP contribution in [0.3, 0.4) is 0 Å². The van der Waals surface area contributed by atoms with Crippen LogP contribution in [0.1, 0.15) is 167 Å².